The first-order chi connectivity index (χ1) is 29.8. The summed E-state index contributed by atoms with van der Waals surface area (Å²) < 4.78 is 39.1. The van der Waals surface area contributed by atoms with E-state index in [0.717, 1.165) is 74.4 Å². The monoisotopic (exact) mass is 869 g/mol. The van der Waals surface area contributed by atoms with Crippen molar-refractivity contribution in [2.45, 2.75) is 69.4 Å². The van der Waals surface area contributed by atoms with Gasteiger partial charge in [0.25, 0.3) is 5.56 Å². The van der Waals surface area contributed by atoms with Crippen molar-refractivity contribution in [1.29, 1.82) is 0 Å². The van der Waals surface area contributed by atoms with E-state index in [1.807, 2.05) is 17.8 Å². The van der Waals surface area contributed by atoms with Gasteiger partial charge < -0.3 is 29.7 Å². The Morgan fingerprint density at radius 3 is 2.44 bits per heavy atom. The zero-order valence-corrected chi connectivity index (χ0v) is 35.7. The third kappa shape index (κ3) is 7.35. The standard InChI is InChI=1S/C44H50ClF2N11O4/c1-24(25-12-14-57(15-13-25)28-7-8-29-34(21-28)55(3)53-36(29)30-9-11-35(59)50-41(30)60)56-16-18-58(19-17-56)43-48-22-32(45)40(52-43)49-27-6-10-33-31(20-27)37-38(42(61)54(33)2)62-23-44(46,47)39(51-37)26-4-5-26/h6-8,10,20-22,24-26,30,39,51H,4-5,9,11-19,23H2,1-3H3,(H,48,49,52)(H,50,59,60)/t24-,30?,39?/m0/s1. The minimum atomic E-state index is -3.13. The molecule has 4 fully saturated rings. The van der Waals surface area contributed by atoms with Gasteiger partial charge in [-0.25, -0.2) is 13.8 Å². The van der Waals surface area contributed by atoms with Crippen molar-refractivity contribution in [3.8, 4) is 5.75 Å². The molecule has 1 aliphatic carbocycles. The Morgan fingerprint density at radius 2 is 1.69 bits per heavy atom. The van der Waals surface area contributed by atoms with Gasteiger partial charge in [0.1, 0.15) is 5.02 Å². The van der Waals surface area contributed by atoms with Crippen LogP contribution in [0.2, 0.25) is 5.02 Å². The number of anilines is 5. The molecule has 10 rings (SSSR count). The highest BCUT2D eigenvalue weighted by molar-refractivity contribution is 6.33. The van der Waals surface area contributed by atoms with E-state index in [1.54, 1.807) is 25.4 Å². The third-order valence-corrected chi connectivity index (χ3v) is 14.1. The minimum Gasteiger partial charge on any atom is -0.480 e. The maximum atomic E-state index is 15.2. The van der Waals surface area contributed by atoms with Gasteiger partial charge in [-0.3, -0.25) is 29.3 Å². The van der Waals surface area contributed by atoms with Crippen LogP contribution in [0.25, 0.3) is 21.8 Å². The van der Waals surface area contributed by atoms with E-state index in [1.165, 1.54) is 4.57 Å². The number of aromatic nitrogens is 5. The first kappa shape index (κ1) is 40.5. The molecule has 18 heteroatoms. The fourth-order valence-electron chi connectivity index (χ4n) is 9.97. The summed E-state index contributed by atoms with van der Waals surface area (Å²) in [5.74, 6) is -2.82. The number of piperidine rings is 2. The van der Waals surface area contributed by atoms with Gasteiger partial charge in [-0.15, -0.1) is 0 Å². The van der Waals surface area contributed by atoms with Crippen LogP contribution < -0.4 is 36.0 Å². The molecule has 1 saturated carbocycles. The predicted octanol–water partition coefficient (Wildman–Crippen LogP) is 5.78. The molecule has 0 bridgehead atoms. The van der Waals surface area contributed by atoms with E-state index in [4.69, 9.17) is 26.4 Å². The van der Waals surface area contributed by atoms with Crippen LogP contribution in [0.1, 0.15) is 57.1 Å². The van der Waals surface area contributed by atoms with Crippen molar-refractivity contribution < 1.29 is 23.1 Å². The lowest BCUT2D eigenvalue weighted by Gasteiger charge is -2.43. The summed E-state index contributed by atoms with van der Waals surface area (Å²) in [6.07, 6.45) is 5.94. The van der Waals surface area contributed by atoms with E-state index in [2.05, 4.69) is 60.8 Å². The van der Waals surface area contributed by atoms with Gasteiger partial charge in [-0.2, -0.15) is 10.1 Å². The SMILES string of the molecule is C[C@@H](C1CCN(c2ccc3c(C4CCC(=O)NC4=O)nn(C)c3c2)CC1)N1CCN(c2ncc(Cl)c(Nc3ccc4c(c3)c3c(c(=O)n4C)OCC(F)(F)C(C4CC4)N3)n2)CC1. The van der Waals surface area contributed by atoms with Crippen LogP contribution >= 0.6 is 11.6 Å². The van der Waals surface area contributed by atoms with E-state index in [0.29, 0.717) is 71.0 Å². The second-order valence-corrected chi connectivity index (χ2v) is 18.0. The van der Waals surface area contributed by atoms with Gasteiger partial charge in [0.15, 0.2) is 12.4 Å². The normalized spacial score (nSPS) is 22.8. The largest absolute Gasteiger partial charge is 0.480 e. The third-order valence-electron chi connectivity index (χ3n) is 13.8. The van der Waals surface area contributed by atoms with Crippen molar-refractivity contribution in [3.05, 3.63) is 63.7 Å². The fourth-order valence-corrected chi connectivity index (χ4v) is 10.1. The first-order valence-corrected chi connectivity index (χ1v) is 22.0. The average molecular weight is 870 g/mol. The molecule has 15 nitrogen and oxygen atoms in total. The number of fused-ring (bicyclic) bond motifs is 4. The van der Waals surface area contributed by atoms with Crippen LogP contribution in [0.4, 0.5) is 37.6 Å². The summed E-state index contributed by atoms with van der Waals surface area (Å²) in [5, 5.41) is 15.4. The second-order valence-electron chi connectivity index (χ2n) is 17.6. The molecule has 3 saturated heterocycles. The lowest BCUT2D eigenvalue weighted by atomic mass is 9.88. The van der Waals surface area contributed by atoms with Crippen LogP contribution in [0.15, 0.2) is 47.4 Å². The number of aryl methyl sites for hydroxylation is 2. The number of imide groups is 1. The molecule has 326 valence electrons. The van der Waals surface area contributed by atoms with Gasteiger partial charge >= 0.3 is 5.92 Å². The van der Waals surface area contributed by atoms with Crippen molar-refractivity contribution in [3.63, 3.8) is 0 Å². The zero-order valence-electron chi connectivity index (χ0n) is 35.0. The number of benzene rings is 2. The maximum absolute atomic E-state index is 15.2. The number of carbonyl (C=O) groups is 2. The van der Waals surface area contributed by atoms with Gasteiger partial charge in [-0.1, -0.05) is 11.6 Å². The second kappa shape index (κ2) is 15.7. The first-order valence-electron chi connectivity index (χ1n) is 21.6. The number of halogens is 3. The van der Waals surface area contributed by atoms with Gasteiger partial charge in [0.2, 0.25) is 23.5 Å². The fraction of sp³-hybridized carbons (Fsp3) is 0.500. The molecule has 3 N–H and O–H groups in total. The van der Waals surface area contributed by atoms with Crippen LogP contribution in [0.5, 0.6) is 5.75 Å². The molecule has 3 aromatic heterocycles. The topological polar surface area (TPSA) is 155 Å². The van der Waals surface area contributed by atoms with Gasteiger partial charge in [-0.05, 0) is 87.3 Å². The molecule has 5 aliphatic rings. The summed E-state index contributed by atoms with van der Waals surface area (Å²) >= 11 is 6.64. The number of amides is 2. The molecule has 0 radical (unpaired) electrons. The Labute approximate surface area is 361 Å². The van der Waals surface area contributed by atoms with E-state index < -0.39 is 30.0 Å². The molecule has 2 unspecified atom stereocenters. The summed E-state index contributed by atoms with van der Waals surface area (Å²) in [5.41, 5.74) is 3.85. The number of carbonyl (C=O) groups excluding carboxylic acids is 2. The van der Waals surface area contributed by atoms with Crippen molar-refractivity contribution in [1.82, 2.24) is 34.5 Å². The number of nitrogens with one attached hydrogen (secondary N) is 3. The number of nitrogens with zero attached hydrogens (tertiary/aromatic N) is 8. The molecule has 2 aromatic carbocycles. The van der Waals surface area contributed by atoms with Crippen molar-refractivity contribution in [2.24, 2.45) is 25.9 Å². The van der Waals surface area contributed by atoms with Crippen LogP contribution in [-0.4, -0.2) is 105 Å². The number of piperazine rings is 1. The van der Waals surface area contributed by atoms with E-state index in [-0.39, 0.29) is 29.2 Å². The average Bonchev–Trinajstić information content (AvgIpc) is 4.08. The lowest BCUT2D eigenvalue weighted by Crippen LogP contribution is -2.53. The van der Waals surface area contributed by atoms with Gasteiger partial charge in [0, 0.05) is 88.0 Å². The Bertz CT molecular complexity index is 2650. The quantitative estimate of drug-likeness (QED) is 0.162. The summed E-state index contributed by atoms with van der Waals surface area (Å²) in [7, 11) is 3.51. The zero-order chi connectivity index (χ0) is 43.0. The minimum absolute atomic E-state index is 0.107. The predicted molar refractivity (Wildman–Crippen MR) is 234 cm³/mol. The van der Waals surface area contributed by atoms with Gasteiger partial charge in [0.05, 0.1) is 40.6 Å². The summed E-state index contributed by atoms with van der Waals surface area (Å²) in [4.78, 5) is 54.2. The highest BCUT2D eigenvalue weighted by atomic mass is 35.5. The van der Waals surface area contributed by atoms with Crippen LogP contribution in [0.3, 0.4) is 0 Å². The summed E-state index contributed by atoms with van der Waals surface area (Å²) in [6, 6.07) is 11.0. The molecular weight excluding hydrogens is 820 g/mol. The molecule has 62 heavy (non-hydrogen) atoms. The number of alkyl halides is 2. The molecule has 2 amide bonds. The number of pyridine rings is 1. The number of ether oxygens (including phenoxy) is 1. The highest BCUT2D eigenvalue weighted by Crippen LogP contribution is 2.46. The molecular formula is C44H50ClF2N11O4. The molecule has 0 spiro atoms. The smallest absolute Gasteiger partial charge is 0.301 e. The number of hydrogen-bond donors (Lipinski definition) is 3. The maximum Gasteiger partial charge on any atom is 0.301 e. The molecule has 5 aromatic rings. The van der Waals surface area contributed by atoms with E-state index in [9.17, 15) is 14.4 Å². The Hall–Kier alpha value is -5.55. The van der Waals surface area contributed by atoms with Crippen molar-refractivity contribution >= 4 is 74.0 Å². The number of hydrogen-bond acceptors (Lipinski definition) is 12. The molecule has 3 atom stereocenters. The van der Waals surface area contributed by atoms with E-state index >= 15 is 8.78 Å². The number of rotatable bonds is 8. The van der Waals surface area contributed by atoms with Crippen LogP contribution in [0, 0.1) is 11.8 Å². The van der Waals surface area contributed by atoms with Crippen molar-refractivity contribution in [2.75, 3.05) is 66.3 Å². The molecule has 7 heterocycles. The Kier molecular flexibility index (Phi) is 10.2. The lowest BCUT2D eigenvalue weighted by molar-refractivity contribution is -0.134. The molecule has 4 aliphatic heterocycles. The summed E-state index contributed by atoms with van der Waals surface area (Å²) in [6.45, 7) is 6.63. The van der Waals surface area contributed by atoms with Crippen LogP contribution in [-0.2, 0) is 23.7 Å². The highest BCUT2D eigenvalue weighted by Gasteiger charge is 2.51. The Morgan fingerprint density at radius 1 is 0.919 bits per heavy atom. The Balaban J connectivity index is 0.776.